The molecule has 4 aromatic rings. The van der Waals surface area contributed by atoms with E-state index in [1.807, 2.05) is 0 Å². The number of thioether (sulfide) groups is 1. The van der Waals surface area contributed by atoms with Gasteiger partial charge in [-0.15, -0.1) is 21.2 Å². The van der Waals surface area contributed by atoms with E-state index in [-0.39, 0.29) is 50.5 Å². The summed E-state index contributed by atoms with van der Waals surface area (Å²) in [4.78, 5) is 38.0. The minimum absolute atomic E-state index is 0.0172. The number of pyridine rings is 1. The molecular formula is C45H46ClF10N9O3S2. The molecule has 1 aliphatic carbocycles. The maximum Gasteiger partial charge on any atom is 0.431 e. The summed E-state index contributed by atoms with van der Waals surface area (Å²) >= 11 is 5.91. The summed E-state index contributed by atoms with van der Waals surface area (Å²) < 4.78 is 159. The largest absolute Gasteiger partial charge is 0.593 e. The molecule has 4 N–H and O–H groups in total. The van der Waals surface area contributed by atoms with Crippen LogP contribution in [0.3, 0.4) is 0 Å². The summed E-state index contributed by atoms with van der Waals surface area (Å²) in [5.74, 6) is -3.99. The summed E-state index contributed by atoms with van der Waals surface area (Å²) in [6, 6.07) is 6.13. The zero-order chi connectivity index (χ0) is 51.7. The second-order valence-electron chi connectivity index (χ2n) is 17.0. The number of nitrogens with zero attached hydrogens (tertiary/aromatic N) is 6. The maximum absolute atomic E-state index is 15.3. The highest BCUT2D eigenvalue weighted by atomic mass is 35.5. The third-order valence-corrected chi connectivity index (χ3v) is 13.6. The van der Waals surface area contributed by atoms with Crippen molar-refractivity contribution in [2.75, 3.05) is 56.1 Å². The van der Waals surface area contributed by atoms with E-state index in [0.29, 0.717) is 36.9 Å². The fourth-order valence-corrected chi connectivity index (χ4v) is 9.15. The number of benzene rings is 2. The van der Waals surface area contributed by atoms with Gasteiger partial charge in [0.25, 0.3) is 11.8 Å². The number of carbonyl (C=O) groups excluding carboxylic acids is 2. The van der Waals surface area contributed by atoms with Crippen LogP contribution in [0.15, 0.2) is 58.7 Å². The van der Waals surface area contributed by atoms with E-state index >= 15 is 8.78 Å². The molecule has 6 rings (SSSR count). The number of aromatic nitrogens is 3. The van der Waals surface area contributed by atoms with Gasteiger partial charge >= 0.3 is 12.4 Å². The van der Waals surface area contributed by atoms with E-state index in [4.69, 9.17) is 22.3 Å². The lowest BCUT2D eigenvalue weighted by Crippen LogP contribution is -2.49. The number of amides is 2. The molecular weight excluding hydrogens is 1000 g/mol. The molecule has 1 aliphatic heterocycles. The molecule has 2 unspecified atom stereocenters. The van der Waals surface area contributed by atoms with Crippen LogP contribution in [0.5, 0.6) is 0 Å². The third-order valence-electron chi connectivity index (χ3n) is 11.3. The van der Waals surface area contributed by atoms with Gasteiger partial charge in [-0.05, 0) is 74.3 Å². The van der Waals surface area contributed by atoms with Crippen LogP contribution in [0.4, 0.5) is 49.7 Å². The average molecular weight is 1050 g/mol. The lowest BCUT2D eigenvalue weighted by molar-refractivity contribution is -0.141. The van der Waals surface area contributed by atoms with E-state index in [9.17, 15) is 49.3 Å². The molecule has 25 heteroatoms. The summed E-state index contributed by atoms with van der Waals surface area (Å²) in [5, 5.41) is 9.39. The van der Waals surface area contributed by atoms with E-state index in [1.165, 1.54) is 36.0 Å². The smallest absolute Gasteiger partial charge is 0.431 e. The Morgan fingerprint density at radius 2 is 1.73 bits per heavy atom. The first-order chi connectivity index (χ1) is 32.6. The number of hydrogen-bond donors (Lipinski definition) is 3. The van der Waals surface area contributed by atoms with Crippen LogP contribution in [0.25, 0.3) is 22.0 Å². The Morgan fingerprint density at radius 3 is 2.33 bits per heavy atom. The standard InChI is InChI=1S/C45H46ClF10N9O3S2/c1-24-20-43(49,50)40(35(24)39(57)45(54,55)56)59-21-33(66)61-32(18-25-16-26(47)19-27(48)17-25)37-29(7-6-28(60-37)10-11-42(2,3)69-4)30-8-9-31(46)36-38(30)64(23-44(51,52)53)62-41(36)65(70(5)68)34(67)22-63-14-12-58-13-15-63/h6-9,16-17,19,24,32,58H,12-15,18,20-23,57H2,1-5H3,(H,61,66)/t24-,32?,70?/m0/s1. The fourth-order valence-electron chi connectivity index (χ4n) is 8.05. The van der Waals surface area contributed by atoms with Gasteiger partial charge in [-0.1, -0.05) is 30.5 Å². The molecule has 12 nitrogen and oxygen atoms in total. The zero-order valence-corrected chi connectivity index (χ0v) is 40.4. The lowest BCUT2D eigenvalue weighted by Gasteiger charge is -2.28. The SMILES string of the molecule is CSC(C)(C)C#Cc1ccc(-c2ccc(Cl)c3c(N(C(=O)CN4CCNCC4)[S+](C)[O-])nn(CC(F)(F)F)c23)c(C(Cc2cc(F)cc(F)c2)NC(=O)CN=C2C(=C(N)C(F)(F)F)[C@@H](C)CC2(F)F)n1. The first kappa shape index (κ1) is 54.3. The van der Waals surface area contributed by atoms with Crippen molar-refractivity contribution >= 4 is 69.0 Å². The number of alkyl halides is 8. The van der Waals surface area contributed by atoms with Crippen LogP contribution >= 0.6 is 23.4 Å². The molecule has 0 spiro atoms. The van der Waals surface area contributed by atoms with Gasteiger partial charge in [0.1, 0.15) is 48.1 Å². The lowest BCUT2D eigenvalue weighted by atomic mass is 9.93. The Kier molecular flexibility index (Phi) is 16.5. The Morgan fingerprint density at radius 1 is 1.09 bits per heavy atom. The number of carbonyl (C=O) groups is 2. The van der Waals surface area contributed by atoms with Crippen LogP contribution in [-0.2, 0) is 33.9 Å². The summed E-state index contributed by atoms with van der Waals surface area (Å²) in [5.41, 5.74) is 0.234. The Hall–Kier alpha value is -5.06. The number of anilines is 1. The maximum atomic E-state index is 15.3. The first-order valence-electron chi connectivity index (χ1n) is 21.3. The van der Waals surface area contributed by atoms with Gasteiger partial charge in [-0.25, -0.2) is 13.8 Å². The normalized spacial score (nSPS) is 18.9. The summed E-state index contributed by atoms with van der Waals surface area (Å²) in [6.45, 7) is 3.32. The van der Waals surface area contributed by atoms with Crippen molar-refractivity contribution in [3.05, 3.63) is 87.3 Å². The molecule has 2 aliphatic rings. The van der Waals surface area contributed by atoms with Crippen molar-refractivity contribution in [2.24, 2.45) is 16.6 Å². The molecule has 3 atom stereocenters. The number of hydrogen-bond acceptors (Lipinski definition) is 10. The third kappa shape index (κ3) is 12.9. The van der Waals surface area contributed by atoms with Crippen molar-refractivity contribution in [1.29, 1.82) is 0 Å². The molecule has 0 bridgehead atoms. The van der Waals surface area contributed by atoms with Crippen molar-refractivity contribution < 1.29 is 58.0 Å². The van der Waals surface area contributed by atoms with E-state index < -0.39 is 119 Å². The van der Waals surface area contributed by atoms with Gasteiger partial charge in [0.05, 0.1) is 50.3 Å². The van der Waals surface area contributed by atoms with Gasteiger partial charge in [0.2, 0.25) is 11.7 Å². The fraction of sp³-hybridized carbons (Fsp3) is 0.444. The Balaban J connectivity index is 1.59. The van der Waals surface area contributed by atoms with Gasteiger partial charge in [0, 0.05) is 55.4 Å². The molecule has 378 valence electrons. The van der Waals surface area contributed by atoms with Gasteiger partial charge in [0.15, 0.2) is 0 Å². The van der Waals surface area contributed by atoms with E-state index in [2.05, 4.69) is 32.6 Å². The summed E-state index contributed by atoms with van der Waals surface area (Å²) in [6.07, 6.45) is -8.91. The number of allylic oxidation sites excluding steroid dienone is 2. The van der Waals surface area contributed by atoms with Gasteiger partial charge in [-0.3, -0.25) is 24.2 Å². The van der Waals surface area contributed by atoms with E-state index in [1.54, 1.807) is 25.0 Å². The molecule has 2 fully saturated rings. The number of fused-ring (bicyclic) bond motifs is 1. The molecule has 0 radical (unpaired) electrons. The molecule has 1 saturated heterocycles. The minimum atomic E-state index is -5.23. The van der Waals surface area contributed by atoms with Crippen molar-refractivity contribution in [1.82, 2.24) is 30.3 Å². The second-order valence-corrected chi connectivity index (χ2v) is 20.1. The Labute approximate surface area is 408 Å². The minimum Gasteiger partial charge on any atom is -0.593 e. The predicted molar refractivity (Wildman–Crippen MR) is 249 cm³/mol. The van der Waals surface area contributed by atoms with Crippen molar-refractivity contribution in [3.63, 3.8) is 0 Å². The number of rotatable bonds is 13. The van der Waals surface area contributed by atoms with Crippen LogP contribution in [0.2, 0.25) is 5.02 Å². The quantitative estimate of drug-likeness (QED) is 0.0688. The average Bonchev–Trinajstić information content (AvgIpc) is 3.72. The van der Waals surface area contributed by atoms with Gasteiger partial charge < -0.3 is 20.9 Å². The van der Waals surface area contributed by atoms with Gasteiger partial charge in [-0.2, -0.15) is 35.1 Å². The number of halogens is 11. The number of nitrogens with one attached hydrogen (secondary N) is 2. The molecule has 2 aromatic carbocycles. The van der Waals surface area contributed by atoms with Crippen LogP contribution < -0.4 is 20.7 Å². The first-order valence-corrected chi connectivity index (χ1v) is 24.4. The molecule has 2 aromatic heterocycles. The monoisotopic (exact) mass is 1050 g/mol. The number of piperazine rings is 1. The second kappa shape index (κ2) is 21.3. The highest BCUT2D eigenvalue weighted by molar-refractivity contribution is 8.00. The number of nitrogens with two attached hydrogens (primary N) is 1. The number of aliphatic imine (C=N–C) groups is 1. The molecule has 2 amide bonds. The predicted octanol–water partition coefficient (Wildman–Crippen LogP) is 7.91. The van der Waals surface area contributed by atoms with Crippen molar-refractivity contribution in [2.45, 2.75) is 69.2 Å². The summed E-state index contributed by atoms with van der Waals surface area (Å²) in [7, 11) is 0. The van der Waals surface area contributed by atoms with Crippen LogP contribution in [0.1, 0.15) is 50.2 Å². The van der Waals surface area contributed by atoms with E-state index in [0.717, 1.165) is 29.6 Å². The highest BCUT2D eigenvalue weighted by Crippen LogP contribution is 2.45. The molecule has 3 heterocycles. The van der Waals surface area contributed by atoms with Crippen LogP contribution in [0, 0.1) is 29.4 Å². The Bertz CT molecular complexity index is 2750. The zero-order valence-electron chi connectivity index (χ0n) is 38.0. The highest BCUT2D eigenvalue weighted by Gasteiger charge is 2.52. The topological polar surface area (TPSA) is 157 Å². The molecule has 1 saturated carbocycles. The van der Waals surface area contributed by atoms with Crippen molar-refractivity contribution in [3.8, 4) is 23.0 Å². The van der Waals surface area contributed by atoms with Crippen LogP contribution in [-0.4, -0.2) is 117 Å². The molecule has 70 heavy (non-hydrogen) atoms.